The Balaban J connectivity index is 1.94. The zero-order valence-electron chi connectivity index (χ0n) is 11.8. The van der Waals surface area contributed by atoms with Crippen LogP contribution in [0, 0.1) is 5.92 Å². The number of carbonyl (C=O) groups excluding carboxylic acids is 1. The molecule has 0 aromatic heterocycles. The Hall–Kier alpha value is -1.39. The van der Waals surface area contributed by atoms with E-state index in [1.165, 1.54) is 6.42 Å². The van der Waals surface area contributed by atoms with Crippen LogP contribution in [0.1, 0.15) is 22.3 Å². The van der Waals surface area contributed by atoms with Gasteiger partial charge in [-0.1, -0.05) is 12.1 Å². The van der Waals surface area contributed by atoms with E-state index < -0.39 is 0 Å². The van der Waals surface area contributed by atoms with Gasteiger partial charge in [0.15, 0.2) is 0 Å². The lowest BCUT2D eigenvalue weighted by Crippen LogP contribution is -2.32. The first kappa shape index (κ1) is 14.0. The van der Waals surface area contributed by atoms with Crippen LogP contribution in [0.2, 0.25) is 0 Å². The smallest absolute Gasteiger partial charge is 0.253 e. The van der Waals surface area contributed by atoms with Crippen molar-refractivity contribution in [1.82, 2.24) is 9.80 Å². The Labute approximate surface area is 115 Å². The summed E-state index contributed by atoms with van der Waals surface area (Å²) < 4.78 is 0. The van der Waals surface area contributed by atoms with E-state index in [0.29, 0.717) is 12.5 Å². The van der Waals surface area contributed by atoms with Crippen molar-refractivity contribution in [3.63, 3.8) is 0 Å². The van der Waals surface area contributed by atoms with Crippen LogP contribution in [0.5, 0.6) is 0 Å². The molecule has 1 amide bonds. The van der Waals surface area contributed by atoms with Gasteiger partial charge in [-0.3, -0.25) is 4.79 Å². The van der Waals surface area contributed by atoms with Gasteiger partial charge in [0.25, 0.3) is 5.91 Å². The summed E-state index contributed by atoms with van der Waals surface area (Å²) in [6, 6.07) is 7.57. The van der Waals surface area contributed by atoms with Crippen molar-refractivity contribution >= 4 is 5.91 Å². The zero-order chi connectivity index (χ0) is 13.8. The summed E-state index contributed by atoms with van der Waals surface area (Å²) in [6.07, 6.45) is 1.18. The van der Waals surface area contributed by atoms with Gasteiger partial charge in [-0.2, -0.15) is 0 Å². The predicted octanol–water partition coefficient (Wildman–Crippen LogP) is 1.17. The average Bonchev–Trinajstić information content (AvgIpc) is 2.83. The molecule has 1 atom stereocenters. The number of likely N-dealkylation sites (tertiary alicyclic amines) is 1. The van der Waals surface area contributed by atoms with Gasteiger partial charge in [0, 0.05) is 32.2 Å². The number of carbonyl (C=O) groups is 1. The van der Waals surface area contributed by atoms with Gasteiger partial charge < -0.3 is 15.5 Å². The fourth-order valence-electron chi connectivity index (χ4n) is 2.65. The lowest BCUT2D eigenvalue weighted by atomic mass is 10.1. The number of hydrogen-bond donors (Lipinski definition) is 1. The van der Waals surface area contributed by atoms with Gasteiger partial charge in [-0.05, 0) is 43.6 Å². The van der Waals surface area contributed by atoms with Crippen molar-refractivity contribution in [3.05, 3.63) is 35.4 Å². The highest BCUT2D eigenvalue weighted by molar-refractivity contribution is 5.94. The van der Waals surface area contributed by atoms with Crippen molar-refractivity contribution in [3.8, 4) is 0 Å². The minimum atomic E-state index is 0.0955. The van der Waals surface area contributed by atoms with Crippen LogP contribution < -0.4 is 5.73 Å². The van der Waals surface area contributed by atoms with Gasteiger partial charge in [0.2, 0.25) is 0 Å². The lowest BCUT2D eigenvalue weighted by Gasteiger charge is -2.21. The fraction of sp³-hybridized carbons (Fsp3) is 0.533. The highest BCUT2D eigenvalue weighted by Gasteiger charge is 2.22. The third-order valence-corrected chi connectivity index (χ3v) is 3.80. The first-order valence-electron chi connectivity index (χ1n) is 6.83. The summed E-state index contributed by atoms with van der Waals surface area (Å²) in [5.41, 5.74) is 7.35. The highest BCUT2D eigenvalue weighted by atomic mass is 16.2. The monoisotopic (exact) mass is 261 g/mol. The standard InChI is InChI=1S/C15H23N3O/c1-17-8-7-13(10-17)11-18(2)15(19)14-5-3-12(9-16)4-6-14/h3-6,13H,7-11,16H2,1-2H3/t13-/m1/s1. The lowest BCUT2D eigenvalue weighted by molar-refractivity contribution is 0.0774. The molecule has 0 bridgehead atoms. The van der Waals surface area contributed by atoms with E-state index >= 15 is 0 Å². The van der Waals surface area contributed by atoms with Gasteiger partial charge in [0.1, 0.15) is 0 Å². The van der Waals surface area contributed by atoms with Gasteiger partial charge >= 0.3 is 0 Å². The third-order valence-electron chi connectivity index (χ3n) is 3.80. The van der Waals surface area contributed by atoms with Crippen molar-refractivity contribution < 1.29 is 4.79 Å². The topological polar surface area (TPSA) is 49.6 Å². The molecule has 1 fully saturated rings. The molecule has 0 aliphatic carbocycles. The maximum atomic E-state index is 12.3. The summed E-state index contributed by atoms with van der Waals surface area (Å²) in [5, 5.41) is 0. The second-order valence-electron chi connectivity index (χ2n) is 5.50. The van der Waals surface area contributed by atoms with E-state index in [4.69, 9.17) is 5.73 Å². The molecule has 19 heavy (non-hydrogen) atoms. The molecule has 4 heteroatoms. The average molecular weight is 261 g/mol. The van der Waals surface area contributed by atoms with E-state index in [2.05, 4.69) is 11.9 Å². The molecule has 1 aromatic rings. The SMILES string of the molecule is CN1CC[C@@H](CN(C)C(=O)c2ccc(CN)cc2)C1. The highest BCUT2D eigenvalue weighted by Crippen LogP contribution is 2.16. The minimum Gasteiger partial charge on any atom is -0.341 e. The van der Waals surface area contributed by atoms with E-state index in [1.807, 2.05) is 36.2 Å². The Kier molecular flexibility index (Phi) is 4.56. The van der Waals surface area contributed by atoms with E-state index in [-0.39, 0.29) is 5.91 Å². The number of rotatable bonds is 4. The number of hydrogen-bond acceptors (Lipinski definition) is 3. The van der Waals surface area contributed by atoms with Crippen LogP contribution in [-0.4, -0.2) is 49.4 Å². The molecule has 1 aliphatic heterocycles. The zero-order valence-corrected chi connectivity index (χ0v) is 11.8. The Morgan fingerprint density at radius 3 is 2.63 bits per heavy atom. The summed E-state index contributed by atoms with van der Waals surface area (Å²) in [5.74, 6) is 0.695. The molecule has 0 spiro atoms. The molecule has 1 heterocycles. The van der Waals surface area contributed by atoms with Crippen LogP contribution >= 0.6 is 0 Å². The second kappa shape index (κ2) is 6.17. The second-order valence-corrected chi connectivity index (χ2v) is 5.50. The van der Waals surface area contributed by atoms with E-state index in [9.17, 15) is 4.79 Å². The molecule has 1 saturated heterocycles. The number of nitrogens with two attached hydrogens (primary N) is 1. The number of amides is 1. The molecule has 2 N–H and O–H groups in total. The number of nitrogens with zero attached hydrogens (tertiary/aromatic N) is 2. The summed E-state index contributed by atoms with van der Waals surface area (Å²) in [4.78, 5) is 16.4. The Morgan fingerprint density at radius 2 is 2.11 bits per heavy atom. The molecule has 0 saturated carbocycles. The molecule has 0 radical (unpaired) electrons. The predicted molar refractivity (Wildman–Crippen MR) is 76.9 cm³/mol. The molecule has 0 unspecified atom stereocenters. The van der Waals surface area contributed by atoms with Crippen molar-refractivity contribution in [2.75, 3.05) is 33.7 Å². The van der Waals surface area contributed by atoms with Crippen LogP contribution in [0.25, 0.3) is 0 Å². The Bertz CT molecular complexity index is 430. The van der Waals surface area contributed by atoms with Gasteiger partial charge in [-0.15, -0.1) is 0 Å². The summed E-state index contributed by atoms with van der Waals surface area (Å²) in [6.45, 7) is 3.57. The van der Waals surface area contributed by atoms with Crippen molar-refractivity contribution in [2.24, 2.45) is 11.7 Å². The Morgan fingerprint density at radius 1 is 1.42 bits per heavy atom. The molecule has 2 rings (SSSR count). The first-order chi connectivity index (χ1) is 9.10. The molecule has 1 aliphatic rings. The van der Waals surface area contributed by atoms with E-state index in [1.54, 1.807) is 0 Å². The summed E-state index contributed by atoms with van der Waals surface area (Å²) in [7, 11) is 4.02. The van der Waals surface area contributed by atoms with Crippen LogP contribution in [0.15, 0.2) is 24.3 Å². The maximum absolute atomic E-state index is 12.3. The van der Waals surface area contributed by atoms with Crippen LogP contribution in [0.4, 0.5) is 0 Å². The van der Waals surface area contributed by atoms with Crippen molar-refractivity contribution in [2.45, 2.75) is 13.0 Å². The minimum absolute atomic E-state index is 0.0955. The van der Waals surface area contributed by atoms with Crippen LogP contribution in [0.3, 0.4) is 0 Å². The quantitative estimate of drug-likeness (QED) is 0.885. The van der Waals surface area contributed by atoms with Crippen molar-refractivity contribution in [1.29, 1.82) is 0 Å². The van der Waals surface area contributed by atoms with Gasteiger partial charge in [0.05, 0.1) is 0 Å². The van der Waals surface area contributed by atoms with Gasteiger partial charge in [-0.25, -0.2) is 0 Å². The molecular formula is C15H23N3O. The van der Waals surface area contributed by atoms with Crippen LogP contribution in [-0.2, 0) is 6.54 Å². The molecular weight excluding hydrogens is 238 g/mol. The third kappa shape index (κ3) is 3.55. The largest absolute Gasteiger partial charge is 0.341 e. The molecule has 4 nitrogen and oxygen atoms in total. The normalized spacial score (nSPS) is 19.6. The maximum Gasteiger partial charge on any atom is 0.253 e. The van der Waals surface area contributed by atoms with E-state index in [0.717, 1.165) is 30.8 Å². The number of benzene rings is 1. The summed E-state index contributed by atoms with van der Waals surface area (Å²) >= 11 is 0. The first-order valence-corrected chi connectivity index (χ1v) is 6.83. The fourth-order valence-corrected chi connectivity index (χ4v) is 2.65. The molecule has 104 valence electrons. The molecule has 1 aromatic carbocycles.